The van der Waals surface area contributed by atoms with Gasteiger partial charge in [0, 0.05) is 18.8 Å². The van der Waals surface area contributed by atoms with Gasteiger partial charge in [0.15, 0.2) is 0 Å². The second-order valence-electron chi connectivity index (χ2n) is 5.95. The predicted molar refractivity (Wildman–Crippen MR) is 93.9 cm³/mol. The molecule has 2 aromatic carbocycles. The van der Waals surface area contributed by atoms with Gasteiger partial charge < -0.3 is 15.5 Å². The van der Waals surface area contributed by atoms with Crippen LogP contribution in [0.25, 0.3) is 0 Å². The average Bonchev–Trinajstić information content (AvgIpc) is 3.02. The fourth-order valence-corrected chi connectivity index (χ4v) is 2.92. The number of urea groups is 1. The standard InChI is InChI=1S/C19H21N3O2/c1-14-5-4-6-15(11-14)12-20-19(24)21-13-18(23)22-10-9-16-7-2-3-8-17(16)22/h2-8,11H,9-10,12-13H2,1H3,(H2,20,21,24). The molecule has 3 amide bonds. The third-order valence-electron chi connectivity index (χ3n) is 4.12. The van der Waals surface area contributed by atoms with Crippen LogP contribution in [0.3, 0.4) is 0 Å². The van der Waals surface area contributed by atoms with Gasteiger partial charge in [0.05, 0.1) is 6.54 Å². The Bertz CT molecular complexity index is 758. The number of anilines is 1. The van der Waals surface area contributed by atoms with Gasteiger partial charge >= 0.3 is 6.03 Å². The van der Waals surface area contributed by atoms with Crippen LogP contribution in [0.2, 0.25) is 0 Å². The second kappa shape index (κ2) is 7.17. The van der Waals surface area contributed by atoms with E-state index in [0.29, 0.717) is 13.1 Å². The first-order chi connectivity index (χ1) is 11.6. The fourth-order valence-electron chi connectivity index (χ4n) is 2.92. The molecule has 24 heavy (non-hydrogen) atoms. The van der Waals surface area contributed by atoms with Gasteiger partial charge in [-0.15, -0.1) is 0 Å². The Labute approximate surface area is 141 Å². The van der Waals surface area contributed by atoms with Crippen LogP contribution in [0.1, 0.15) is 16.7 Å². The Morgan fingerprint density at radius 1 is 1.08 bits per heavy atom. The van der Waals surface area contributed by atoms with Gasteiger partial charge in [-0.25, -0.2) is 4.79 Å². The minimum atomic E-state index is -0.336. The summed E-state index contributed by atoms with van der Waals surface area (Å²) in [5.41, 5.74) is 4.31. The van der Waals surface area contributed by atoms with Crippen molar-refractivity contribution in [1.82, 2.24) is 10.6 Å². The second-order valence-corrected chi connectivity index (χ2v) is 5.95. The smallest absolute Gasteiger partial charge is 0.315 e. The molecule has 0 fully saturated rings. The number of para-hydroxylation sites is 1. The number of rotatable bonds is 4. The van der Waals surface area contributed by atoms with Gasteiger partial charge in [-0.2, -0.15) is 0 Å². The molecule has 0 saturated carbocycles. The van der Waals surface area contributed by atoms with E-state index in [1.54, 1.807) is 4.90 Å². The van der Waals surface area contributed by atoms with Crippen molar-refractivity contribution >= 4 is 17.6 Å². The van der Waals surface area contributed by atoms with E-state index in [1.165, 1.54) is 5.56 Å². The number of hydrogen-bond acceptors (Lipinski definition) is 2. The first kappa shape index (κ1) is 16.1. The van der Waals surface area contributed by atoms with Crippen molar-refractivity contribution in [2.45, 2.75) is 19.9 Å². The Morgan fingerprint density at radius 2 is 1.92 bits per heavy atom. The van der Waals surface area contributed by atoms with Crippen molar-refractivity contribution in [3.8, 4) is 0 Å². The van der Waals surface area contributed by atoms with Crippen LogP contribution in [0, 0.1) is 6.92 Å². The highest BCUT2D eigenvalue weighted by Gasteiger charge is 2.23. The first-order valence-electron chi connectivity index (χ1n) is 8.09. The SMILES string of the molecule is Cc1cccc(CNC(=O)NCC(=O)N2CCc3ccccc32)c1. The zero-order valence-corrected chi connectivity index (χ0v) is 13.7. The van der Waals surface area contributed by atoms with E-state index >= 15 is 0 Å². The van der Waals surface area contributed by atoms with E-state index in [4.69, 9.17) is 0 Å². The lowest BCUT2D eigenvalue weighted by Gasteiger charge is -2.17. The van der Waals surface area contributed by atoms with Crippen molar-refractivity contribution in [2.75, 3.05) is 18.0 Å². The molecule has 3 rings (SSSR count). The highest BCUT2D eigenvalue weighted by Crippen LogP contribution is 2.27. The van der Waals surface area contributed by atoms with Crippen LogP contribution in [0.15, 0.2) is 48.5 Å². The largest absolute Gasteiger partial charge is 0.334 e. The summed E-state index contributed by atoms with van der Waals surface area (Å²) >= 11 is 0. The van der Waals surface area contributed by atoms with Crippen LogP contribution >= 0.6 is 0 Å². The molecule has 2 aromatic rings. The van der Waals surface area contributed by atoms with E-state index in [-0.39, 0.29) is 18.5 Å². The molecule has 0 unspecified atom stereocenters. The molecule has 5 heteroatoms. The van der Waals surface area contributed by atoms with E-state index in [9.17, 15) is 9.59 Å². The maximum absolute atomic E-state index is 12.3. The molecule has 5 nitrogen and oxygen atoms in total. The lowest BCUT2D eigenvalue weighted by molar-refractivity contribution is -0.117. The summed E-state index contributed by atoms with van der Waals surface area (Å²) in [5.74, 6) is -0.0920. The maximum Gasteiger partial charge on any atom is 0.315 e. The number of nitrogens with zero attached hydrogens (tertiary/aromatic N) is 1. The summed E-state index contributed by atoms with van der Waals surface area (Å²) in [6, 6.07) is 15.5. The third-order valence-corrected chi connectivity index (χ3v) is 4.12. The number of nitrogens with one attached hydrogen (secondary N) is 2. The van der Waals surface area contributed by atoms with Gasteiger partial charge in [-0.1, -0.05) is 48.0 Å². The summed E-state index contributed by atoms with van der Waals surface area (Å²) in [6.45, 7) is 3.11. The molecule has 124 valence electrons. The van der Waals surface area contributed by atoms with Gasteiger partial charge in [0.2, 0.25) is 5.91 Å². The summed E-state index contributed by atoms with van der Waals surface area (Å²) in [6.07, 6.45) is 0.863. The van der Waals surface area contributed by atoms with Crippen LogP contribution in [-0.4, -0.2) is 25.0 Å². The van der Waals surface area contributed by atoms with Crippen molar-refractivity contribution in [3.05, 3.63) is 65.2 Å². The fraction of sp³-hybridized carbons (Fsp3) is 0.263. The molecule has 2 N–H and O–H groups in total. The Balaban J connectivity index is 1.47. The predicted octanol–water partition coefficient (Wildman–Crippen LogP) is 2.38. The quantitative estimate of drug-likeness (QED) is 0.907. The molecule has 1 heterocycles. The van der Waals surface area contributed by atoms with E-state index in [1.807, 2.05) is 55.5 Å². The van der Waals surface area contributed by atoms with Crippen molar-refractivity contribution in [3.63, 3.8) is 0 Å². The van der Waals surface area contributed by atoms with Crippen molar-refractivity contribution in [1.29, 1.82) is 0 Å². The number of amides is 3. The van der Waals surface area contributed by atoms with Crippen LogP contribution in [0.4, 0.5) is 10.5 Å². The minimum absolute atomic E-state index is 0.00597. The van der Waals surface area contributed by atoms with Crippen LogP contribution in [-0.2, 0) is 17.8 Å². The molecular weight excluding hydrogens is 302 g/mol. The Hall–Kier alpha value is -2.82. The van der Waals surface area contributed by atoms with Crippen molar-refractivity contribution < 1.29 is 9.59 Å². The van der Waals surface area contributed by atoms with Gasteiger partial charge in [-0.3, -0.25) is 4.79 Å². The molecule has 0 atom stereocenters. The summed E-state index contributed by atoms with van der Waals surface area (Å²) < 4.78 is 0. The number of fused-ring (bicyclic) bond motifs is 1. The van der Waals surface area contributed by atoms with Gasteiger partial charge in [0.25, 0.3) is 0 Å². The molecule has 0 radical (unpaired) electrons. The van der Waals surface area contributed by atoms with Crippen molar-refractivity contribution in [2.24, 2.45) is 0 Å². The number of benzene rings is 2. The lowest BCUT2D eigenvalue weighted by atomic mass is 10.1. The van der Waals surface area contributed by atoms with Gasteiger partial charge in [0.1, 0.15) is 0 Å². The summed E-state index contributed by atoms with van der Waals surface area (Å²) in [5, 5.41) is 5.40. The molecule has 0 aromatic heterocycles. The molecular formula is C19H21N3O2. The van der Waals surface area contributed by atoms with E-state index in [0.717, 1.165) is 23.2 Å². The molecule has 1 aliphatic rings. The Kier molecular flexibility index (Phi) is 4.79. The highest BCUT2D eigenvalue weighted by molar-refractivity contribution is 5.98. The van der Waals surface area contributed by atoms with Crippen LogP contribution in [0.5, 0.6) is 0 Å². The minimum Gasteiger partial charge on any atom is -0.334 e. The molecule has 0 saturated heterocycles. The summed E-state index contributed by atoms with van der Waals surface area (Å²) in [7, 11) is 0. The number of carbonyl (C=O) groups excluding carboxylic acids is 2. The molecule has 0 bridgehead atoms. The average molecular weight is 323 g/mol. The number of carbonyl (C=O) groups is 2. The highest BCUT2D eigenvalue weighted by atomic mass is 16.2. The molecule has 0 spiro atoms. The van der Waals surface area contributed by atoms with E-state index < -0.39 is 0 Å². The zero-order valence-electron chi connectivity index (χ0n) is 13.7. The Morgan fingerprint density at radius 3 is 2.75 bits per heavy atom. The monoisotopic (exact) mass is 323 g/mol. The van der Waals surface area contributed by atoms with Gasteiger partial charge in [-0.05, 0) is 30.5 Å². The lowest BCUT2D eigenvalue weighted by Crippen LogP contribution is -2.43. The van der Waals surface area contributed by atoms with E-state index in [2.05, 4.69) is 10.6 Å². The molecule has 0 aliphatic carbocycles. The normalized spacial score (nSPS) is 12.6. The van der Waals surface area contributed by atoms with Crippen LogP contribution < -0.4 is 15.5 Å². The zero-order chi connectivity index (χ0) is 16.9. The number of hydrogen-bond donors (Lipinski definition) is 2. The summed E-state index contributed by atoms with van der Waals surface area (Å²) in [4.78, 5) is 25.9. The maximum atomic E-state index is 12.3. The first-order valence-corrected chi connectivity index (χ1v) is 8.09. The molecule has 1 aliphatic heterocycles. The number of aryl methyl sites for hydroxylation is 1. The third kappa shape index (κ3) is 3.74. The topological polar surface area (TPSA) is 61.4 Å².